The number of nitrogens with zero attached hydrogens (tertiary/aromatic N) is 1. The molecule has 1 fully saturated rings. The van der Waals surface area contributed by atoms with Crippen LogP contribution in [0.15, 0.2) is 0 Å². The van der Waals surface area contributed by atoms with Crippen molar-refractivity contribution < 1.29 is 5.11 Å². The molecule has 1 rings (SSSR count). The number of hydrazine groups is 1. The van der Waals surface area contributed by atoms with Crippen LogP contribution in [0.4, 0.5) is 0 Å². The molecule has 0 saturated heterocycles. The van der Waals surface area contributed by atoms with Crippen LogP contribution in [0.25, 0.3) is 0 Å². The Morgan fingerprint density at radius 1 is 1.45 bits per heavy atom. The Morgan fingerprint density at radius 2 is 2.09 bits per heavy atom. The molecule has 0 heterocycles. The highest BCUT2D eigenvalue weighted by Crippen LogP contribution is 2.17. The largest absolute Gasteiger partial charge is 0.395 e. The van der Waals surface area contributed by atoms with Crippen molar-refractivity contribution in [2.45, 2.75) is 31.7 Å². The second-order valence-electron chi connectivity index (χ2n) is 3.26. The standard InChI is InChI=1S/C8H18N2O/c1-10(6-7-11)9-8-4-2-3-5-8/h8-9,11H,2-7H2,1H3. The van der Waals surface area contributed by atoms with Gasteiger partial charge in [0.25, 0.3) is 0 Å². The molecule has 66 valence electrons. The second-order valence-corrected chi connectivity index (χ2v) is 3.26. The lowest BCUT2D eigenvalue weighted by molar-refractivity contribution is 0.153. The Hall–Kier alpha value is -0.120. The smallest absolute Gasteiger partial charge is 0.0572 e. The lowest BCUT2D eigenvalue weighted by Gasteiger charge is -2.21. The van der Waals surface area contributed by atoms with Gasteiger partial charge in [0.2, 0.25) is 0 Å². The normalized spacial score (nSPS) is 19.9. The van der Waals surface area contributed by atoms with E-state index in [0.29, 0.717) is 6.04 Å². The molecule has 0 aliphatic heterocycles. The van der Waals surface area contributed by atoms with Crippen molar-refractivity contribution in [1.82, 2.24) is 10.4 Å². The molecule has 0 atom stereocenters. The average molecular weight is 158 g/mol. The predicted octanol–water partition coefficient (Wildman–Crippen LogP) is 0.358. The first-order chi connectivity index (χ1) is 5.33. The van der Waals surface area contributed by atoms with Gasteiger partial charge >= 0.3 is 0 Å². The number of aliphatic hydroxyl groups is 1. The molecule has 1 aliphatic carbocycles. The van der Waals surface area contributed by atoms with Crippen LogP contribution in [0.1, 0.15) is 25.7 Å². The van der Waals surface area contributed by atoms with Gasteiger partial charge in [-0.15, -0.1) is 0 Å². The first-order valence-corrected chi connectivity index (χ1v) is 4.41. The number of nitrogens with one attached hydrogen (secondary N) is 1. The third-order valence-electron chi connectivity index (χ3n) is 2.19. The summed E-state index contributed by atoms with van der Waals surface area (Å²) in [4.78, 5) is 0. The van der Waals surface area contributed by atoms with E-state index in [9.17, 15) is 0 Å². The van der Waals surface area contributed by atoms with Crippen LogP contribution in [0.5, 0.6) is 0 Å². The number of hydrogen-bond donors (Lipinski definition) is 2. The molecule has 0 amide bonds. The summed E-state index contributed by atoms with van der Waals surface area (Å²) in [6.45, 7) is 0.951. The molecule has 0 spiro atoms. The van der Waals surface area contributed by atoms with Crippen molar-refractivity contribution in [3.05, 3.63) is 0 Å². The van der Waals surface area contributed by atoms with Gasteiger partial charge in [0.05, 0.1) is 6.61 Å². The Balaban J connectivity index is 2.08. The van der Waals surface area contributed by atoms with Gasteiger partial charge in [0.1, 0.15) is 0 Å². The van der Waals surface area contributed by atoms with E-state index < -0.39 is 0 Å². The maximum absolute atomic E-state index is 8.63. The summed E-state index contributed by atoms with van der Waals surface area (Å²) in [6.07, 6.45) is 5.28. The minimum Gasteiger partial charge on any atom is -0.395 e. The third kappa shape index (κ3) is 3.18. The second kappa shape index (κ2) is 4.70. The summed E-state index contributed by atoms with van der Waals surface area (Å²) in [5.41, 5.74) is 3.35. The lowest BCUT2D eigenvalue weighted by atomic mass is 10.3. The van der Waals surface area contributed by atoms with E-state index in [2.05, 4.69) is 5.43 Å². The highest BCUT2D eigenvalue weighted by Gasteiger charge is 2.15. The van der Waals surface area contributed by atoms with Crippen LogP contribution in [0.2, 0.25) is 0 Å². The van der Waals surface area contributed by atoms with Crippen LogP contribution in [0, 0.1) is 0 Å². The minimum atomic E-state index is 0.232. The van der Waals surface area contributed by atoms with E-state index in [1.807, 2.05) is 12.1 Å². The molecule has 0 aromatic heterocycles. The highest BCUT2D eigenvalue weighted by atomic mass is 16.3. The lowest BCUT2D eigenvalue weighted by Crippen LogP contribution is -2.42. The van der Waals surface area contributed by atoms with Crippen LogP contribution in [0.3, 0.4) is 0 Å². The average Bonchev–Trinajstić information content (AvgIpc) is 2.40. The van der Waals surface area contributed by atoms with E-state index in [1.54, 1.807) is 0 Å². The van der Waals surface area contributed by atoms with Crippen LogP contribution in [-0.4, -0.2) is 36.4 Å². The van der Waals surface area contributed by atoms with E-state index in [4.69, 9.17) is 5.11 Å². The number of aliphatic hydroxyl groups excluding tert-OH is 1. The van der Waals surface area contributed by atoms with Gasteiger partial charge < -0.3 is 5.11 Å². The molecule has 1 aliphatic rings. The molecule has 0 aromatic carbocycles. The topological polar surface area (TPSA) is 35.5 Å². The summed E-state index contributed by atoms with van der Waals surface area (Å²) in [5.74, 6) is 0. The Labute approximate surface area is 68.4 Å². The fourth-order valence-electron chi connectivity index (χ4n) is 1.58. The van der Waals surface area contributed by atoms with E-state index in [1.165, 1.54) is 25.7 Å². The van der Waals surface area contributed by atoms with E-state index in [0.717, 1.165) is 6.54 Å². The summed E-state index contributed by atoms with van der Waals surface area (Å²) >= 11 is 0. The van der Waals surface area contributed by atoms with E-state index >= 15 is 0 Å². The third-order valence-corrected chi connectivity index (χ3v) is 2.19. The fraction of sp³-hybridized carbons (Fsp3) is 1.00. The first-order valence-electron chi connectivity index (χ1n) is 4.41. The molecular formula is C8H18N2O. The molecule has 0 unspecified atom stereocenters. The summed E-state index contributed by atoms with van der Waals surface area (Å²) in [6, 6.07) is 0.659. The van der Waals surface area contributed by atoms with Gasteiger partial charge in [-0.25, -0.2) is 5.01 Å². The predicted molar refractivity (Wildman–Crippen MR) is 45.1 cm³/mol. The molecular weight excluding hydrogens is 140 g/mol. The summed E-state index contributed by atoms with van der Waals surface area (Å²) in [7, 11) is 1.98. The van der Waals surface area contributed by atoms with Gasteiger partial charge in [0.15, 0.2) is 0 Å². The van der Waals surface area contributed by atoms with Crippen molar-refractivity contribution in [3.8, 4) is 0 Å². The zero-order valence-corrected chi connectivity index (χ0v) is 7.21. The molecule has 1 saturated carbocycles. The van der Waals surface area contributed by atoms with Crippen molar-refractivity contribution in [2.24, 2.45) is 0 Å². The van der Waals surface area contributed by atoms with Crippen molar-refractivity contribution in [3.63, 3.8) is 0 Å². The maximum atomic E-state index is 8.63. The van der Waals surface area contributed by atoms with E-state index in [-0.39, 0.29) is 6.61 Å². The Bertz CT molecular complexity index is 102. The molecule has 3 heteroatoms. The number of likely N-dealkylation sites (N-methyl/N-ethyl adjacent to an activating group) is 1. The first kappa shape index (κ1) is 8.97. The molecule has 0 aromatic rings. The SMILES string of the molecule is CN(CCO)NC1CCCC1. The van der Waals surface area contributed by atoms with Gasteiger partial charge in [-0.05, 0) is 12.8 Å². The number of hydrogen-bond acceptors (Lipinski definition) is 3. The summed E-state index contributed by atoms with van der Waals surface area (Å²) < 4.78 is 0. The Kier molecular flexibility index (Phi) is 3.83. The zero-order chi connectivity index (χ0) is 8.10. The van der Waals surface area contributed by atoms with Gasteiger partial charge in [-0.3, -0.25) is 5.43 Å². The zero-order valence-electron chi connectivity index (χ0n) is 7.21. The molecule has 3 nitrogen and oxygen atoms in total. The molecule has 2 N–H and O–H groups in total. The molecule has 0 radical (unpaired) electrons. The number of rotatable bonds is 4. The quantitative estimate of drug-likeness (QED) is 0.580. The van der Waals surface area contributed by atoms with Crippen molar-refractivity contribution >= 4 is 0 Å². The van der Waals surface area contributed by atoms with Crippen LogP contribution < -0.4 is 5.43 Å². The van der Waals surface area contributed by atoms with Crippen LogP contribution >= 0.6 is 0 Å². The van der Waals surface area contributed by atoms with Gasteiger partial charge in [0, 0.05) is 19.6 Å². The molecule has 0 bridgehead atoms. The molecule has 11 heavy (non-hydrogen) atoms. The fourth-order valence-corrected chi connectivity index (χ4v) is 1.58. The maximum Gasteiger partial charge on any atom is 0.0572 e. The highest BCUT2D eigenvalue weighted by molar-refractivity contribution is 4.71. The van der Waals surface area contributed by atoms with Crippen LogP contribution in [-0.2, 0) is 0 Å². The van der Waals surface area contributed by atoms with Crippen molar-refractivity contribution in [2.75, 3.05) is 20.2 Å². The summed E-state index contributed by atoms with van der Waals surface area (Å²) in [5, 5.41) is 10.6. The van der Waals surface area contributed by atoms with Crippen molar-refractivity contribution in [1.29, 1.82) is 0 Å². The Morgan fingerprint density at radius 3 is 2.64 bits per heavy atom. The van der Waals surface area contributed by atoms with Gasteiger partial charge in [-0.1, -0.05) is 12.8 Å². The van der Waals surface area contributed by atoms with Gasteiger partial charge in [-0.2, -0.15) is 0 Å². The minimum absolute atomic E-state index is 0.232. The monoisotopic (exact) mass is 158 g/mol.